The SMILES string of the molecule is CC(C)(C)C(=O)OCCCCCCC(=O)N1CCCCC1. The van der Waals surface area contributed by atoms with E-state index in [0.29, 0.717) is 18.9 Å². The van der Waals surface area contributed by atoms with Crippen LogP contribution in [0.2, 0.25) is 0 Å². The Kier molecular flexibility index (Phi) is 7.76. The van der Waals surface area contributed by atoms with Crippen LogP contribution in [-0.4, -0.2) is 36.5 Å². The van der Waals surface area contributed by atoms with Crippen molar-refractivity contribution in [2.24, 2.45) is 5.41 Å². The molecule has 1 fully saturated rings. The van der Waals surface area contributed by atoms with Crippen LogP contribution in [0.3, 0.4) is 0 Å². The van der Waals surface area contributed by atoms with Crippen molar-refractivity contribution in [2.45, 2.75) is 72.1 Å². The lowest BCUT2D eigenvalue weighted by Gasteiger charge is -2.26. The van der Waals surface area contributed by atoms with Crippen LogP contribution in [0.25, 0.3) is 0 Å². The first-order chi connectivity index (χ1) is 9.91. The molecule has 0 unspecified atom stereocenters. The zero-order valence-electron chi connectivity index (χ0n) is 14.0. The fraction of sp³-hybridized carbons (Fsp3) is 0.882. The molecule has 0 saturated carbocycles. The summed E-state index contributed by atoms with van der Waals surface area (Å²) in [6.07, 6.45) is 8.13. The second-order valence-electron chi connectivity index (χ2n) is 6.99. The largest absolute Gasteiger partial charge is 0.465 e. The molecule has 0 radical (unpaired) electrons. The van der Waals surface area contributed by atoms with Gasteiger partial charge in [0.1, 0.15) is 0 Å². The van der Waals surface area contributed by atoms with Crippen molar-refractivity contribution in [3.8, 4) is 0 Å². The Morgan fingerprint density at radius 3 is 2.19 bits per heavy atom. The number of hydrogen-bond acceptors (Lipinski definition) is 3. The minimum Gasteiger partial charge on any atom is -0.465 e. The predicted octanol–water partition coefficient (Wildman–Crippen LogP) is 3.54. The van der Waals surface area contributed by atoms with Gasteiger partial charge in [-0.25, -0.2) is 0 Å². The molecule has 0 spiro atoms. The minimum absolute atomic E-state index is 0.136. The molecule has 0 aliphatic carbocycles. The molecular formula is C17H31NO3. The summed E-state index contributed by atoms with van der Waals surface area (Å²) in [5.74, 6) is 0.177. The molecule has 4 heteroatoms. The van der Waals surface area contributed by atoms with Gasteiger partial charge in [-0.2, -0.15) is 0 Å². The van der Waals surface area contributed by atoms with Crippen molar-refractivity contribution < 1.29 is 14.3 Å². The molecule has 0 bridgehead atoms. The van der Waals surface area contributed by atoms with Gasteiger partial charge in [-0.15, -0.1) is 0 Å². The third-order valence-corrected chi connectivity index (χ3v) is 3.84. The molecule has 0 N–H and O–H groups in total. The highest BCUT2D eigenvalue weighted by atomic mass is 16.5. The third kappa shape index (κ3) is 7.49. The fourth-order valence-corrected chi connectivity index (χ4v) is 2.41. The lowest BCUT2D eigenvalue weighted by atomic mass is 9.97. The Balaban J connectivity index is 1.97. The fourth-order valence-electron chi connectivity index (χ4n) is 2.41. The Morgan fingerprint density at radius 2 is 1.57 bits per heavy atom. The molecule has 1 heterocycles. The highest BCUT2D eigenvalue weighted by Crippen LogP contribution is 2.16. The van der Waals surface area contributed by atoms with E-state index in [2.05, 4.69) is 0 Å². The second kappa shape index (κ2) is 9.06. The summed E-state index contributed by atoms with van der Waals surface area (Å²) >= 11 is 0. The summed E-state index contributed by atoms with van der Waals surface area (Å²) < 4.78 is 5.22. The first kappa shape index (κ1) is 18.0. The Labute approximate surface area is 129 Å². The summed E-state index contributed by atoms with van der Waals surface area (Å²) in [6.45, 7) is 7.98. The van der Waals surface area contributed by atoms with Crippen molar-refractivity contribution >= 4 is 11.9 Å². The Morgan fingerprint density at radius 1 is 0.952 bits per heavy atom. The zero-order valence-corrected chi connectivity index (χ0v) is 14.0. The summed E-state index contributed by atoms with van der Waals surface area (Å²) in [7, 11) is 0. The number of carbonyl (C=O) groups is 2. The van der Waals surface area contributed by atoms with Crippen LogP contribution in [0, 0.1) is 5.41 Å². The molecule has 1 rings (SSSR count). The lowest BCUT2D eigenvalue weighted by Crippen LogP contribution is -2.35. The van der Waals surface area contributed by atoms with Crippen LogP contribution >= 0.6 is 0 Å². The van der Waals surface area contributed by atoms with Crippen LogP contribution in [0.4, 0.5) is 0 Å². The van der Waals surface area contributed by atoms with Crippen LogP contribution < -0.4 is 0 Å². The summed E-state index contributed by atoms with van der Waals surface area (Å²) in [5.41, 5.74) is -0.416. The van der Waals surface area contributed by atoms with E-state index in [0.717, 1.165) is 51.6 Å². The number of hydrogen-bond donors (Lipinski definition) is 0. The number of piperidine rings is 1. The standard InChI is InChI=1S/C17H31NO3/c1-17(2,3)16(20)21-14-10-5-4-7-11-15(19)18-12-8-6-9-13-18/h4-14H2,1-3H3. The topological polar surface area (TPSA) is 46.6 Å². The predicted molar refractivity (Wildman–Crippen MR) is 83.9 cm³/mol. The smallest absolute Gasteiger partial charge is 0.311 e. The molecule has 21 heavy (non-hydrogen) atoms. The molecule has 1 amide bonds. The van der Waals surface area contributed by atoms with E-state index in [1.165, 1.54) is 6.42 Å². The van der Waals surface area contributed by atoms with Gasteiger partial charge < -0.3 is 9.64 Å². The maximum absolute atomic E-state index is 11.9. The van der Waals surface area contributed by atoms with Crippen LogP contribution in [0.1, 0.15) is 72.1 Å². The van der Waals surface area contributed by atoms with Gasteiger partial charge in [0.15, 0.2) is 0 Å². The Bertz CT molecular complexity index is 327. The molecule has 0 aromatic carbocycles. The third-order valence-electron chi connectivity index (χ3n) is 3.84. The number of esters is 1. The van der Waals surface area contributed by atoms with E-state index in [4.69, 9.17) is 4.74 Å². The highest BCUT2D eigenvalue weighted by Gasteiger charge is 2.22. The number of amides is 1. The first-order valence-electron chi connectivity index (χ1n) is 8.36. The second-order valence-corrected chi connectivity index (χ2v) is 6.99. The van der Waals surface area contributed by atoms with E-state index in [1.54, 1.807) is 0 Å². The van der Waals surface area contributed by atoms with Crippen molar-refractivity contribution in [1.29, 1.82) is 0 Å². The van der Waals surface area contributed by atoms with Gasteiger partial charge in [-0.05, 0) is 52.9 Å². The van der Waals surface area contributed by atoms with Gasteiger partial charge >= 0.3 is 5.97 Å². The molecule has 0 atom stereocenters. The van der Waals surface area contributed by atoms with Gasteiger partial charge in [0, 0.05) is 19.5 Å². The average Bonchev–Trinajstić information content (AvgIpc) is 2.45. The van der Waals surface area contributed by atoms with Crippen molar-refractivity contribution in [1.82, 2.24) is 4.90 Å². The van der Waals surface area contributed by atoms with Gasteiger partial charge in [-0.1, -0.05) is 12.8 Å². The van der Waals surface area contributed by atoms with Gasteiger partial charge in [0.05, 0.1) is 12.0 Å². The van der Waals surface area contributed by atoms with Gasteiger partial charge in [0.25, 0.3) is 0 Å². The lowest BCUT2D eigenvalue weighted by molar-refractivity contribution is -0.153. The maximum Gasteiger partial charge on any atom is 0.311 e. The average molecular weight is 297 g/mol. The van der Waals surface area contributed by atoms with E-state index in [1.807, 2.05) is 25.7 Å². The van der Waals surface area contributed by atoms with Crippen molar-refractivity contribution in [3.05, 3.63) is 0 Å². The highest BCUT2D eigenvalue weighted by molar-refractivity contribution is 5.76. The molecule has 1 saturated heterocycles. The molecule has 1 aliphatic heterocycles. The number of likely N-dealkylation sites (tertiary alicyclic amines) is 1. The Hall–Kier alpha value is -1.06. The van der Waals surface area contributed by atoms with Gasteiger partial charge in [-0.3, -0.25) is 9.59 Å². The van der Waals surface area contributed by atoms with Crippen LogP contribution in [0.5, 0.6) is 0 Å². The van der Waals surface area contributed by atoms with Crippen LogP contribution in [-0.2, 0) is 14.3 Å². The number of carbonyl (C=O) groups excluding carboxylic acids is 2. The molecule has 4 nitrogen and oxygen atoms in total. The van der Waals surface area contributed by atoms with Crippen molar-refractivity contribution in [3.63, 3.8) is 0 Å². The monoisotopic (exact) mass is 297 g/mol. The summed E-state index contributed by atoms with van der Waals surface area (Å²) in [6, 6.07) is 0. The summed E-state index contributed by atoms with van der Waals surface area (Å²) in [4.78, 5) is 25.5. The normalized spacial score (nSPS) is 15.9. The molecule has 122 valence electrons. The number of rotatable bonds is 7. The minimum atomic E-state index is -0.416. The van der Waals surface area contributed by atoms with E-state index in [9.17, 15) is 9.59 Å². The van der Waals surface area contributed by atoms with Crippen LogP contribution in [0.15, 0.2) is 0 Å². The van der Waals surface area contributed by atoms with Gasteiger partial charge in [0.2, 0.25) is 5.91 Å². The van der Waals surface area contributed by atoms with Crippen molar-refractivity contribution in [2.75, 3.05) is 19.7 Å². The molecule has 1 aliphatic rings. The maximum atomic E-state index is 11.9. The molecular weight excluding hydrogens is 266 g/mol. The quantitative estimate of drug-likeness (QED) is 0.533. The summed E-state index contributed by atoms with van der Waals surface area (Å²) in [5, 5.41) is 0. The van der Waals surface area contributed by atoms with E-state index >= 15 is 0 Å². The first-order valence-corrected chi connectivity index (χ1v) is 8.36. The van der Waals surface area contributed by atoms with E-state index < -0.39 is 5.41 Å². The number of unbranched alkanes of at least 4 members (excludes halogenated alkanes) is 3. The number of nitrogens with zero attached hydrogens (tertiary/aromatic N) is 1. The van der Waals surface area contributed by atoms with E-state index in [-0.39, 0.29) is 5.97 Å². The zero-order chi connectivity index (χ0) is 15.7. The molecule has 0 aromatic heterocycles. The number of ether oxygens (including phenoxy) is 1. The molecule has 0 aromatic rings.